The van der Waals surface area contributed by atoms with Crippen LogP contribution in [0.5, 0.6) is 0 Å². The lowest BCUT2D eigenvalue weighted by molar-refractivity contribution is 0.390. The summed E-state index contributed by atoms with van der Waals surface area (Å²) in [6.07, 6.45) is 1.85. The van der Waals surface area contributed by atoms with Gasteiger partial charge >= 0.3 is 0 Å². The van der Waals surface area contributed by atoms with E-state index in [4.69, 9.17) is 0 Å². The number of hydrogen-bond donors (Lipinski definition) is 0. The molecule has 0 heterocycles. The van der Waals surface area contributed by atoms with Gasteiger partial charge in [-0.3, -0.25) is 0 Å². The van der Waals surface area contributed by atoms with Crippen molar-refractivity contribution >= 4 is 10.0 Å². The first-order valence-electron chi connectivity index (χ1n) is 7.55. The smallest absolute Gasteiger partial charge is 0.207 e. The van der Waals surface area contributed by atoms with Crippen LogP contribution in [-0.4, -0.2) is 19.3 Å². The van der Waals surface area contributed by atoms with Crippen molar-refractivity contribution in [2.24, 2.45) is 5.92 Å². The molecule has 2 aromatic rings. The highest BCUT2D eigenvalue weighted by Gasteiger charge is 2.32. The maximum absolute atomic E-state index is 13.4. The fraction of sp³-hybridized carbons (Fsp3) is 0.294. The first kappa shape index (κ1) is 17.0. The normalized spacial score (nSPS) is 15.0. The Bertz CT molecular complexity index is 813. The van der Waals surface area contributed by atoms with Crippen molar-refractivity contribution in [3.8, 4) is 0 Å². The molecule has 0 bridgehead atoms. The van der Waals surface area contributed by atoms with Crippen LogP contribution in [0.15, 0.2) is 47.4 Å². The maximum atomic E-state index is 13.4. The summed E-state index contributed by atoms with van der Waals surface area (Å²) in [6, 6.07) is 7.74. The molecular weight excluding hydrogens is 339 g/mol. The van der Waals surface area contributed by atoms with Crippen LogP contribution in [0.2, 0.25) is 0 Å². The number of halogens is 3. The van der Waals surface area contributed by atoms with E-state index >= 15 is 0 Å². The molecule has 0 amide bonds. The highest BCUT2D eigenvalue weighted by Crippen LogP contribution is 2.32. The molecular formula is C17H16F3NO2S. The minimum absolute atomic E-state index is 0.0250. The Labute approximate surface area is 138 Å². The molecule has 0 atom stereocenters. The third-order valence-electron chi connectivity index (χ3n) is 3.90. The van der Waals surface area contributed by atoms with Crippen LogP contribution in [0.4, 0.5) is 13.2 Å². The van der Waals surface area contributed by atoms with Gasteiger partial charge in [-0.25, -0.2) is 21.6 Å². The third-order valence-corrected chi connectivity index (χ3v) is 5.69. The Kier molecular flexibility index (Phi) is 4.64. The van der Waals surface area contributed by atoms with Gasteiger partial charge < -0.3 is 0 Å². The largest absolute Gasteiger partial charge is 0.243 e. The first-order valence-corrected chi connectivity index (χ1v) is 8.99. The van der Waals surface area contributed by atoms with Gasteiger partial charge in [0.25, 0.3) is 0 Å². The molecule has 1 aliphatic rings. The predicted molar refractivity (Wildman–Crippen MR) is 83.1 cm³/mol. The van der Waals surface area contributed by atoms with Gasteiger partial charge in [-0.15, -0.1) is 0 Å². The molecule has 2 aromatic carbocycles. The fourth-order valence-electron chi connectivity index (χ4n) is 2.46. The number of rotatable bonds is 6. The monoisotopic (exact) mass is 355 g/mol. The summed E-state index contributed by atoms with van der Waals surface area (Å²) in [4.78, 5) is -0.414. The van der Waals surface area contributed by atoms with Gasteiger partial charge in [-0.05, 0) is 48.6 Å². The van der Waals surface area contributed by atoms with E-state index in [0.29, 0.717) is 11.6 Å². The van der Waals surface area contributed by atoms with Crippen molar-refractivity contribution in [2.75, 3.05) is 6.54 Å². The minimum Gasteiger partial charge on any atom is -0.207 e. The van der Waals surface area contributed by atoms with E-state index in [0.717, 1.165) is 25.0 Å². The van der Waals surface area contributed by atoms with E-state index in [9.17, 15) is 21.6 Å². The summed E-state index contributed by atoms with van der Waals surface area (Å²) in [5.41, 5.74) is 0.609. The molecule has 0 N–H and O–H groups in total. The lowest BCUT2D eigenvalue weighted by Crippen LogP contribution is -2.32. The van der Waals surface area contributed by atoms with Crippen molar-refractivity contribution in [1.29, 1.82) is 0 Å². The summed E-state index contributed by atoms with van der Waals surface area (Å²) in [7, 11) is -4.05. The summed E-state index contributed by atoms with van der Waals surface area (Å²) in [5.74, 6) is -2.05. The zero-order chi connectivity index (χ0) is 17.3. The molecule has 3 rings (SSSR count). The summed E-state index contributed by atoms with van der Waals surface area (Å²) >= 11 is 0. The van der Waals surface area contributed by atoms with Crippen molar-refractivity contribution < 1.29 is 21.6 Å². The molecule has 0 aromatic heterocycles. The highest BCUT2D eigenvalue weighted by atomic mass is 32.2. The molecule has 3 nitrogen and oxygen atoms in total. The zero-order valence-corrected chi connectivity index (χ0v) is 13.6. The van der Waals surface area contributed by atoms with Crippen LogP contribution in [-0.2, 0) is 16.6 Å². The Morgan fingerprint density at radius 2 is 1.50 bits per heavy atom. The Balaban J connectivity index is 1.92. The second kappa shape index (κ2) is 6.57. The molecule has 0 radical (unpaired) electrons. The molecule has 0 saturated heterocycles. The molecule has 1 aliphatic carbocycles. The Morgan fingerprint density at radius 3 is 2.04 bits per heavy atom. The van der Waals surface area contributed by atoms with Crippen molar-refractivity contribution in [3.05, 3.63) is 65.5 Å². The number of benzene rings is 2. The van der Waals surface area contributed by atoms with Crippen LogP contribution >= 0.6 is 0 Å². The second-order valence-electron chi connectivity index (χ2n) is 5.97. The SMILES string of the molecule is O=S(=O)(c1cc(F)cc(F)c1)N(Cc1ccc(F)cc1)CC1CC1. The quantitative estimate of drug-likeness (QED) is 0.792. The van der Waals surface area contributed by atoms with Crippen LogP contribution in [0, 0.1) is 23.4 Å². The van der Waals surface area contributed by atoms with E-state index in [1.54, 1.807) is 0 Å². The maximum Gasteiger partial charge on any atom is 0.243 e. The van der Waals surface area contributed by atoms with Crippen LogP contribution < -0.4 is 0 Å². The summed E-state index contributed by atoms with van der Waals surface area (Å²) < 4.78 is 66.6. The number of hydrogen-bond acceptors (Lipinski definition) is 2. The molecule has 7 heteroatoms. The Morgan fingerprint density at radius 1 is 0.917 bits per heavy atom. The average molecular weight is 355 g/mol. The third kappa shape index (κ3) is 3.96. The lowest BCUT2D eigenvalue weighted by atomic mass is 10.2. The lowest BCUT2D eigenvalue weighted by Gasteiger charge is -2.22. The molecule has 0 unspecified atom stereocenters. The van der Waals surface area contributed by atoms with Gasteiger partial charge in [0, 0.05) is 19.2 Å². The van der Waals surface area contributed by atoms with Crippen LogP contribution in [0.1, 0.15) is 18.4 Å². The van der Waals surface area contributed by atoms with Crippen LogP contribution in [0.3, 0.4) is 0 Å². The summed E-state index contributed by atoms with van der Waals surface area (Å²) in [6.45, 7) is 0.301. The van der Waals surface area contributed by atoms with Gasteiger partial charge in [0.2, 0.25) is 10.0 Å². The number of sulfonamides is 1. The summed E-state index contributed by atoms with van der Waals surface area (Å²) in [5, 5.41) is 0. The van der Waals surface area contributed by atoms with Gasteiger partial charge in [-0.1, -0.05) is 12.1 Å². The van der Waals surface area contributed by atoms with Gasteiger partial charge in [0.05, 0.1) is 4.90 Å². The standard InChI is InChI=1S/C17H16F3NO2S/c18-14-5-3-13(4-6-14)11-21(10-12-1-2-12)24(22,23)17-8-15(19)7-16(20)9-17/h3-9,12H,1-2,10-11H2. The molecule has 24 heavy (non-hydrogen) atoms. The van der Waals surface area contributed by atoms with Crippen molar-refractivity contribution in [2.45, 2.75) is 24.3 Å². The molecule has 1 fully saturated rings. The van der Waals surface area contributed by atoms with E-state index < -0.39 is 32.4 Å². The first-order chi connectivity index (χ1) is 11.3. The molecule has 0 spiro atoms. The fourth-order valence-corrected chi connectivity index (χ4v) is 4.00. The Hall–Kier alpha value is -1.86. The van der Waals surface area contributed by atoms with E-state index in [2.05, 4.69) is 0 Å². The predicted octanol–water partition coefficient (Wildman–Crippen LogP) is 3.70. The highest BCUT2D eigenvalue weighted by molar-refractivity contribution is 7.89. The second-order valence-corrected chi connectivity index (χ2v) is 7.91. The van der Waals surface area contributed by atoms with E-state index in [1.807, 2.05) is 0 Å². The minimum atomic E-state index is -4.05. The average Bonchev–Trinajstić information content (AvgIpc) is 3.32. The van der Waals surface area contributed by atoms with Gasteiger partial charge in [0.1, 0.15) is 17.5 Å². The van der Waals surface area contributed by atoms with E-state index in [1.165, 1.54) is 28.6 Å². The number of nitrogens with zero attached hydrogens (tertiary/aromatic N) is 1. The van der Waals surface area contributed by atoms with Gasteiger partial charge in [0.15, 0.2) is 0 Å². The van der Waals surface area contributed by atoms with Gasteiger partial charge in [-0.2, -0.15) is 4.31 Å². The van der Waals surface area contributed by atoms with Crippen LogP contribution in [0.25, 0.3) is 0 Å². The topological polar surface area (TPSA) is 37.4 Å². The zero-order valence-electron chi connectivity index (χ0n) is 12.8. The molecule has 0 aliphatic heterocycles. The van der Waals surface area contributed by atoms with Crippen molar-refractivity contribution in [3.63, 3.8) is 0 Å². The van der Waals surface area contributed by atoms with Crippen molar-refractivity contribution in [1.82, 2.24) is 4.31 Å². The molecule has 1 saturated carbocycles. The molecule has 128 valence electrons. The van der Waals surface area contributed by atoms with E-state index in [-0.39, 0.29) is 19.0 Å².